The van der Waals surface area contributed by atoms with Gasteiger partial charge in [-0.25, -0.2) is 4.39 Å². The summed E-state index contributed by atoms with van der Waals surface area (Å²) in [7, 11) is 0. The molecule has 28 heavy (non-hydrogen) atoms. The van der Waals surface area contributed by atoms with Gasteiger partial charge in [-0.3, -0.25) is 9.78 Å². The first-order valence-electron chi connectivity index (χ1n) is 8.38. The standard InChI is InChI=1S/C20H15ClF4N2O/c1-3-15-17(19(28)18(21)10(2)27-15)11-4-7-16(26-9-11)13-6-5-12(8-14(13)22)20(23,24)25/h4-9H,3H2,1-2H3,(H,27,28). The maximum absolute atomic E-state index is 14.2. The molecule has 0 aliphatic heterocycles. The van der Waals surface area contributed by atoms with Gasteiger partial charge in [-0.2, -0.15) is 13.2 Å². The number of aryl methyl sites for hydroxylation is 2. The van der Waals surface area contributed by atoms with E-state index in [4.69, 9.17) is 11.6 Å². The van der Waals surface area contributed by atoms with Crippen molar-refractivity contribution in [3.63, 3.8) is 0 Å². The fraction of sp³-hybridized carbons (Fsp3) is 0.200. The SMILES string of the molecule is CCc1[nH]c(C)c(Cl)c(=O)c1-c1ccc(-c2ccc(C(F)(F)F)cc2F)nc1. The minimum absolute atomic E-state index is 0.0638. The van der Waals surface area contributed by atoms with Crippen LogP contribution in [0.3, 0.4) is 0 Å². The minimum Gasteiger partial charge on any atom is -0.361 e. The number of nitrogens with zero attached hydrogens (tertiary/aromatic N) is 1. The fourth-order valence-electron chi connectivity index (χ4n) is 2.93. The molecule has 0 saturated carbocycles. The number of hydrogen-bond acceptors (Lipinski definition) is 2. The summed E-state index contributed by atoms with van der Waals surface area (Å²) in [5.41, 5.74) is 0.768. The predicted molar refractivity (Wildman–Crippen MR) is 99.8 cm³/mol. The van der Waals surface area contributed by atoms with Crippen LogP contribution in [0.1, 0.15) is 23.9 Å². The van der Waals surface area contributed by atoms with Crippen LogP contribution in [-0.2, 0) is 12.6 Å². The lowest BCUT2D eigenvalue weighted by atomic mass is 10.0. The number of nitrogens with one attached hydrogen (secondary N) is 1. The van der Waals surface area contributed by atoms with E-state index in [1.165, 1.54) is 12.3 Å². The van der Waals surface area contributed by atoms with Gasteiger partial charge in [-0.15, -0.1) is 0 Å². The lowest BCUT2D eigenvalue weighted by Gasteiger charge is -2.12. The van der Waals surface area contributed by atoms with E-state index in [-0.39, 0.29) is 21.7 Å². The van der Waals surface area contributed by atoms with E-state index in [2.05, 4.69) is 9.97 Å². The second-order valence-electron chi connectivity index (χ2n) is 6.22. The molecule has 0 unspecified atom stereocenters. The van der Waals surface area contributed by atoms with Crippen LogP contribution in [0.5, 0.6) is 0 Å². The summed E-state index contributed by atoms with van der Waals surface area (Å²) in [5, 5.41) is 0.0741. The van der Waals surface area contributed by atoms with E-state index in [1.807, 2.05) is 6.92 Å². The Hall–Kier alpha value is -2.67. The number of rotatable bonds is 3. The number of halogens is 5. The molecule has 2 aromatic heterocycles. The summed E-state index contributed by atoms with van der Waals surface area (Å²) in [5.74, 6) is -1.03. The molecule has 0 spiro atoms. The largest absolute Gasteiger partial charge is 0.416 e. The van der Waals surface area contributed by atoms with E-state index in [0.29, 0.717) is 35.0 Å². The van der Waals surface area contributed by atoms with Crippen LogP contribution in [0.15, 0.2) is 41.3 Å². The van der Waals surface area contributed by atoms with Gasteiger partial charge < -0.3 is 4.98 Å². The molecular weight excluding hydrogens is 396 g/mol. The molecule has 0 atom stereocenters. The van der Waals surface area contributed by atoms with Crippen LogP contribution in [0.2, 0.25) is 5.02 Å². The van der Waals surface area contributed by atoms with Crippen LogP contribution in [-0.4, -0.2) is 9.97 Å². The van der Waals surface area contributed by atoms with Crippen molar-refractivity contribution < 1.29 is 17.6 Å². The topological polar surface area (TPSA) is 45.8 Å². The van der Waals surface area contributed by atoms with Gasteiger partial charge in [0, 0.05) is 28.7 Å². The Morgan fingerprint density at radius 3 is 2.43 bits per heavy atom. The van der Waals surface area contributed by atoms with E-state index in [9.17, 15) is 22.4 Å². The van der Waals surface area contributed by atoms with Gasteiger partial charge in [0.25, 0.3) is 0 Å². The first kappa shape index (κ1) is 20.1. The number of aromatic amines is 1. The molecule has 0 aliphatic rings. The fourth-order valence-corrected chi connectivity index (χ4v) is 3.07. The van der Waals surface area contributed by atoms with Crippen molar-refractivity contribution in [2.45, 2.75) is 26.4 Å². The van der Waals surface area contributed by atoms with Gasteiger partial charge in [-0.1, -0.05) is 24.6 Å². The Bertz CT molecular complexity index is 1090. The van der Waals surface area contributed by atoms with Gasteiger partial charge in [0.2, 0.25) is 5.43 Å². The van der Waals surface area contributed by atoms with Gasteiger partial charge in [0.05, 0.1) is 16.8 Å². The number of aromatic nitrogens is 2. The van der Waals surface area contributed by atoms with Crippen molar-refractivity contribution >= 4 is 11.6 Å². The molecule has 3 nitrogen and oxygen atoms in total. The third-order valence-electron chi connectivity index (χ3n) is 4.37. The third-order valence-corrected chi connectivity index (χ3v) is 4.83. The first-order valence-corrected chi connectivity index (χ1v) is 8.76. The Morgan fingerprint density at radius 1 is 1.18 bits per heavy atom. The Labute approximate surface area is 163 Å². The number of pyridine rings is 2. The quantitative estimate of drug-likeness (QED) is 0.556. The number of hydrogen-bond donors (Lipinski definition) is 1. The van der Waals surface area contributed by atoms with Crippen molar-refractivity contribution in [1.29, 1.82) is 0 Å². The second-order valence-corrected chi connectivity index (χ2v) is 6.60. The zero-order valence-electron chi connectivity index (χ0n) is 14.9. The van der Waals surface area contributed by atoms with Gasteiger partial charge in [0.1, 0.15) is 10.8 Å². The lowest BCUT2D eigenvalue weighted by molar-refractivity contribution is -0.137. The average molecular weight is 411 g/mol. The highest BCUT2D eigenvalue weighted by Crippen LogP contribution is 2.33. The van der Waals surface area contributed by atoms with Crippen molar-refractivity contribution in [2.75, 3.05) is 0 Å². The molecule has 0 radical (unpaired) electrons. The smallest absolute Gasteiger partial charge is 0.361 e. The minimum atomic E-state index is -4.63. The molecule has 3 rings (SSSR count). The van der Waals surface area contributed by atoms with Gasteiger partial charge in [0.15, 0.2) is 0 Å². The van der Waals surface area contributed by atoms with E-state index in [0.717, 1.165) is 12.1 Å². The normalized spacial score (nSPS) is 11.7. The molecule has 1 aromatic carbocycles. The Kier molecular flexibility index (Phi) is 5.30. The molecule has 0 fully saturated rings. The maximum atomic E-state index is 14.2. The summed E-state index contributed by atoms with van der Waals surface area (Å²) in [6.07, 6.45) is -2.70. The second kappa shape index (κ2) is 7.39. The first-order chi connectivity index (χ1) is 13.1. The Balaban J connectivity index is 2.05. The molecule has 0 amide bonds. The van der Waals surface area contributed by atoms with E-state index < -0.39 is 17.6 Å². The zero-order chi connectivity index (χ0) is 20.6. The number of H-pyrrole nitrogens is 1. The lowest BCUT2D eigenvalue weighted by Crippen LogP contribution is -2.13. The van der Waals surface area contributed by atoms with Crippen LogP contribution in [0, 0.1) is 12.7 Å². The zero-order valence-corrected chi connectivity index (χ0v) is 15.7. The molecule has 2 heterocycles. The summed E-state index contributed by atoms with van der Waals surface area (Å²) >= 11 is 6.06. The van der Waals surface area contributed by atoms with Crippen molar-refractivity contribution in [2.24, 2.45) is 0 Å². The number of alkyl halides is 3. The predicted octanol–water partition coefficient (Wildman–Crippen LogP) is 5.79. The molecule has 1 N–H and O–H groups in total. The van der Waals surface area contributed by atoms with Crippen LogP contribution >= 0.6 is 11.6 Å². The van der Waals surface area contributed by atoms with E-state index >= 15 is 0 Å². The monoisotopic (exact) mass is 410 g/mol. The van der Waals surface area contributed by atoms with Crippen LogP contribution in [0.25, 0.3) is 22.4 Å². The molecule has 0 bridgehead atoms. The highest BCUT2D eigenvalue weighted by Gasteiger charge is 2.31. The van der Waals surface area contributed by atoms with Crippen molar-refractivity contribution in [3.05, 3.63) is 74.5 Å². The summed E-state index contributed by atoms with van der Waals surface area (Å²) in [6, 6.07) is 5.29. The van der Waals surface area contributed by atoms with Crippen molar-refractivity contribution in [3.8, 4) is 22.4 Å². The highest BCUT2D eigenvalue weighted by molar-refractivity contribution is 6.31. The van der Waals surface area contributed by atoms with Crippen LogP contribution in [0.4, 0.5) is 17.6 Å². The van der Waals surface area contributed by atoms with Crippen molar-refractivity contribution in [1.82, 2.24) is 9.97 Å². The highest BCUT2D eigenvalue weighted by atomic mass is 35.5. The molecule has 0 aliphatic carbocycles. The van der Waals surface area contributed by atoms with E-state index in [1.54, 1.807) is 13.0 Å². The van der Waals surface area contributed by atoms with Gasteiger partial charge >= 0.3 is 6.18 Å². The number of benzene rings is 1. The third kappa shape index (κ3) is 3.67. The molecular formula is C20H15ClF4N2O. The Morgan fingerprint density at radius 2 is 1.89 bits per heavy atom. The molecule has 8 heteroatoms. The van der Waals surface area contributed by atoms with Gasteiger partial charge in [-0.05, 0) is 37.6 Å². The molecule has 0 saturated heterocycles. The summed E-state index contributed by atoms with van der Waals surface area (Å²) in [4.78, 5) is 19.8. The maximum Gasteiger partial charge on any atom is 0.416 e. The summed E-state index contributed by atoms with van der Waals surface area (Å²) < 4.78 is 52.2. The summed E-state index contributed by atoms with van der Waals surface area (Å²) in [6.45, 7) is 3.57. The molecule has 146 valence electrons. The van der Waals surface area contributed by atoms with Crippen LogP contribution < -0.4 is 5.43 Å². The molecule has 3 aromatic rings. The average Bonchev–Trinajstić information content (AvgIpc) is 2.65.